The third kappa shape index (κ3) is 4.98. The summed E-state index contributed by atoms with van der Waals surface area (Å²) < 4.78 is 5.24. The molecule has 0 spiro atoms. The fourth-order valence-electron chi connectivity index (χ4n) is 3.69. The van der Waals surface area contributed by atoms with Gasteiger partial charge in [-0.3, -0.25) is 19.3 Å². The molecule has 0 aliphatic carbocycles. The smallest absolute Gasteiger partial charge is 0.330 e. The number of hydrogen-bond acceptors (Lipinski definition) is 5. The highest BCUT2D eigenvalue weighted by atomic mass is 16.5. The van der Waals surface area contributed by atoms with Crippen molar-refractivity contribution in [3.05, 3.63) is 107 Å². The van der Waals surface area contributed by atoms with Crippen molar-refractivity contribution in [2.75, 3.05) is 6.61 Å². The van der Waals surface area contributed by atoms with E-state index >= 15 is 0 Å². The van der Waals surface area contributed by atoms with Crippen LogP contribution in [-0.2, 0) is 27.3 Å². The van der Waals surface area contributed by atoms with Gasteiger partial charge in [0.25, 0.3) is 17.7 Å². The summed E-state index contributed by atoms with van der Waals surface area (Å²) in [5.41, 5.74) is 2.15. The van der Waals surface area contributed by atoms with Gasteiger partial charge >= 0.3 is 5.97 Å². The van der Waals surface area contributed by atoms with Crippen molar-refractivity contribution in [2.24, 2.45) is 0 Å². The minimum Gasteiger partial charge on any atom is -0.454 e. The van der Waals surface area contributed by atoms with E-state index in [4.69, 9.17) is 4.74 Å². The molecule has 4 rings (SSSR count). The Bertz CT molecular complexity index is 1140. The number of rotatable bonds is 8. The second-order valence-electron chi connectivity index (χ2n) is 7.60. The summed E-state index contributed by atoms with van der Waals surface area (Å²) in [5, 5.41) is 2.68. The maximum atomic E-state index is 13.0. The van der Waals surface area contributed by atoms with Crippen LogP contribution in [0.3, 0.4) is 0 Å². The van der Waals surface area contributed by atoms with Crippen LogP contribution in [0.4, 0.5) is 0 Å². The van der Waals surface area contributed by atoms with Gasteiger partial charge in [-0.25, -0.2) is 4.79 Å². The van der Waals surface area contributed by atoms with Gasteiger partial charge in [-0.05, 0) is 23.3 Å². The number of fused-ring (bicyclic) bond motifs is 1. The molecule has 0 saturated heterocycles. The van der Waals surface area contributed by atoms with Crippen molar-refractivity contribution in [1.29, 1.82) is 0 Å². The van der Waals surface area contributed by atoms with Crippen molar-refractivity contribution in [1.82, 2.24) is 10.2 Å². The summed E-state index contributed by atoms with van der Waals surface area (Å²) in [4.78, 5) is 52.1. The van der Waals surface area contributed by atoms with E-state index in [2.05, 4.69) is 5.32 Å². The fourth-order valence-corrected chi connectivity index (χ4v) is 3.69. The molecular formula is C26H22N2O5. The van der Waals surface area contributed by atoms with Crippen molar-refractivity contribution < 1.29 is 23.9 Å². The number of imide groups is 1. The average Bonchev–Trinajstić information content (AvgIpc) is 3.11. The summed E-state index contributed by atoms with van der Waals surface area (Å²) >= 11 is 0. The van der Waals surface area contributed by atoms with E-state index in [9.17, 15) is 19.2 Å². The van der Waals surface area contributed by atoms with Crippen LogP contribution in [0, 0.1) is 0 Å². The molecule has 1 aliphatic rings. The molecule has 1 atom stereocenters. The minimum atomic E-state index is -1.19. The van der Waals surface area contributed by atoms with Gasteiger partial charge in [-0.1, -0.05) is 72.8 Å². The van der Waals surface area contributed by atoms with Gasteiger partial charge in [0, 0.05) is 13.0 Å². The van der Waals surface area contributed by atoms with Crippen molar-refractivity contribution in [3.8, 4) is 0 Å². The molecule has 0 aromatic heterocycles. The molecule has 7 heteroatoms. The van der Waals surface area contributed by atoms with Crippen LogP contribution in [0.25, 0.3) is 0 Å². The first-order valence-corrected chi connectivity index (χ1v) is 10.5. The van der Waals surface area contributed by atoms with Gasteiger partial charge in [-0.15, -0.1) is 0 Å². The van der Waals surface area contributed by atoms with Gasteiger partial charge in [0.05, 0.1) is 11.1 Å². The second kappa shape index (κ2) is 9.91. The molecule has 166 valence electrons. The van der Waals surface area contributed by atoms with Gasteiger partial charge in [0.15, 0.2) is 6.61 Å². The first-order valence-electron chi connectivity index (χ1n) is 10.5. The highest BCUT2D eigenvalue weighted by molar-refractivity contribution is 6.22. The zero-order valence-corrected chi connectivity index (χ0v) is 17.8. The normalized spacial score (nSPS) is 13.4. The molecule has 0 bridgehead atoms. The van der Waals surface area contributed by atoms with Crippen LogP contribution in [0.15, 0.2) is 84.9 Å². The Hall–Kier alpha value is -4.26. The number of amides is 3. The zero-order chi connectivity index (χ0) is 23.2. The number of carbonyl (C=O) groups excluding carboxylic acids is 4. The lowest BCUT2D eigenvalue weighted by Crippen LogP contribution is -2.47. The second-order valence-corrected chi connectivity index (χ2v) is 7.60. The highest BCUT2D eigenvalue weighted by Gasteiger charge is 2.43. The number of benzene rings is 3. The van der Waals surface area contributed by atoms with Crippen LogP contribution < -0.4 is 5.32 Å². The summed E-state index contributed by atoms with van der Waals surface area (Å²) in [6.45, 7) is -0.219. The molecule has 0 fully saturated rings. The number of esters is 1. The Morgan fingerprint density at radius 3 is 1.85 bits per heavy atom. The Morgan fingerprint density at radius 1 is 0.758 bits per heavy atom. The lowest BCUT2D eigenvalue weighted by atomic mass is 10.0. The van der Waals surface area contributed by atoms with E-state index in [1.54, 1.807) is 48.5 Å². The molecule has 3 aromatic rings. The largest absolute Gasteiger partial charge is 0.454 e. The molecule has 1 N–H and O–H groups in total. The monoisotopic (exact) mass is 442 g/mol. The first-order chi connectivity index (χ1) is 16.0. The molecular weight excluding hydrogens is 420 g/mol. The number of hydrogen-bond donors (Lipinski definition) is 1. The van der Waals surface area contributed by atoms with Crippen molar-refractivity contribution >= 4 is 23.7 Å². The van der Waals surface area contributed by atoms with E-state index in [1.807, 2.05) is 36.4 Å². The topological polar surface area (TPSA) is 92.8 Å². The maximum Gasteiger partial charge on any atom is 0.330 e. The molecule has 1 aliphatic heterocycles. The first kappa shape index (κ1) is 22.0. The molecule has 3 aromatic carbocycles. The number of ether oxygens (including phenoxy) is 1. The van der Waals surface area contributed by atoms with E-state index in [-0.39, 0.29) is 17.5 Å². The minimum absolute atomic E-state index is 0.0801. The van der Waals surface area contributed by atoms with E-state index < -0.39 is 36.3 Å². The lowest BCUT2D eigenvalue weighted by Gasteiger charge is -2.24. The summed E-state index contributed by atoms with van der Waals surface area (Å²) in [5.74, 6) is -2.40. The van der Waals surface area contributed by atoms with Crippen LogP contribution in [0.2, 0.25) is 0 Å². The third-order valence-corrected chi connectivity index (χ3v) is 5.36. The zero-order valence-electron chi connectivity index (χ0n) is 17.8. The van der Waals surface area contributed by atoms with Gasteiger partial charge < -0.3 is 10.1 Å². The number of nitrogens with one attached hydrogen (secondary N) is 1. The third-order valence-electron chi connectivity index (χ3n) is 5.36. The van der Waals surface area contributed by atoms with Gasteiger partial charge in [0.1, 0.15) is 6.04 Å². The standard InChI is InChI=1S/C26H22N2O5/c29-23(27-16-19-11-5-2-6-12-19)17-33-26(32)22(15-18-9-3-1-4-10-18)28-24(30)20-13-7-8-14-21(20)25(28)31/h1-14,22H,15-17H2,(H,27,29)/t22-/m1/s1. The predicted octanol–water partition coefficient (Wildman–Crippen LogP) is 2.75. The maximum absolute atomic E-state index is 13.0. The molecule has 0 unspecified atom stereocenters. The summed E-state index contributed by atoms with van der Waals surface area (Å²) in [6.07, 6.45) is 0.0801. The molecule has 3 amide bonds. The Kier molecular flexibility index (Phi) is 6.59. The van der Waals surface area contributed by atoms with Gasteiger partial charge in [-0.2, -0.15) is 0 Å². The molecule has 7 nitrogen and oxygen atoms in total. The Labute approximate surface area is 191 Å². The van der Waals surface area contributed by atoms with Crippen LogP contribution in [0.5, 0.6) is 0 Å². The summed E-state index contributed by atoms with van der Waals surface area (Å²) in [6, 6.07) is 23.6. The Morgan fingerprint density at radius 2 is 1.27 bits per heavy atom. The van der Waals surface area contributed by atoms with Crippen LogP contribution in [0.1, 0.15) is 31.8 Å². The van der Waals surface area contributed by atoms with Crippen LogP contribution >= 0.6 is 0 Å². The number of carbonyl (C=O) groups is 4. The predicted molar refractivity (Wildman–Crippen MR) is 120 cm³/mol. The molecule has 0 radical (unpaired) electrons. The molecule has 1 heterocycles. The molecule has 33 heavy (non-hydrogen) atoms. The van der Waals surface area contributed by atoms with Crippen LogP contribution in [-0.4, -0.2) is 41.2 Å². The van der Waals surface area contributed by atoms with E-state index in [1.165, 1.54) is 0 Å². The SMILES string of the molecule is O=C(COC(=O)[C@@H](Cc1ccccc1)N1C(=O)c2ccccc2C1=O)NCc1ccccc1. The van der Waals surface area contributed by atoms with Crippen molar-refractivity contribution in [3.63, 3.8) is 0 Å². The Balaban J connectivity index is 1.47. The lowest BCUT2D eigenvalue weighted by molar-refractivity contribution is -0.152. The van der Waals surface area contributed by atoms with E-state index in [0.717, 1.165) is 16.0 Å². The average molecular weight is 442 g/mol. The highest BCUT2D eigenvalue weighted by Crippen LogP contribution is 2.26. The quantitative estimate of drug-likeness (QED) is 0.428. The fraction of sp³-hybridized carbons (Fsp3) is 0.154. The van der Waals surface area contributed by atoms with Gasteiger partial charge in [0.2, 0.25) is 0 Å². The molecule has 0 saturated carbocycles. The van der Waals surface area contributed by atoms with Crippen molar-refractivity contribution in [2.45, 2.75) is 19.0 Å². The number of nitrogens with zero attached hydrogens (tertiary/aromatic N) is 1. The summed E-state index contributed by atoms with van der Waals surface area (Å²) in [7, 11) is 0. The van der Waals surface area contributed by atoms with E-state index in [0.29, 0.717) is 6.54 Å².